The van der Waals surface area contributed by atoms with Crippen LogP contribution in [0.2, 0.25) is 0 Å². The molecule has 0 saturated heterocycles. The molecule has 6 heteroatoms. The highest BCUT2D eigenvalue weighted by molar-refractivity contribution is 5.49. The van der Waals surface area contributed by atoms with Crippen molar-refractivity contribution in [3.8, 4) is 0 Å². The van der Waals surface area contributed by atoms with E-state index in [0.717, 1.165) is 18.7 Å². The molecule has 106 valence electrons. The van der Waals surface area contributed by atoms with Crippen LogP contribution >= 0.6 is 0 Å². The number of hydrogen-bond donors (Lipinski definition) is 4. The summed E-state index contributed by atoms with van der Waals surface area (Å²) in [5, 5.41) is 13.4. The molecule has 0 aromatic carbocycles. The Morgan fingerprint density at radius 3 is 2.26 bits per heavy atom. The van der Waals surface area contributed by atoms with Crippen LogP contribution in [0.4, 0.5) is 11.6 Å². The first-order valence-corrected chi connectivity index (χ1v) is 6.59. The fourth-order valence-electron chi connectivity index (χ4n) is 1.60. The van der Waals surface area contributed by atoms with E-state index in [-0.39, 0.29) is 0 Å². The zero-order valence-electron chi connectivity index (χ0n) is 12.0. The third-order valence-corrected chi connectivity index (χ3v) is 3.80. The summed E-state index contributed by atoms with van der Waals surface area (Å²) in [6, 6.07) is 1.75. The lowest BCUT2D eigenvalue weighted by atomic mass is 9.86. The number of aromatic nitrogens is 2. The molecule has 0 atom stereocenters. The predicted octanol–water partition coefficient (Wildman–Crippen LogP) is 1.60. The maximum Gasteiger partial charge on any atom is 0.145 e. The number of nitrogens with zero attached hydrogens (tertiary/aromatic N) is 2. The Morgan fingerprint density at radius 2 is 1.79 bits per heavy atom. The minimum Gasteiger partial charge on any atom is -0.388 e. The summed E-state index contributed by atoms with van der Waals surface area (Å²) < 4.78 is 0. The number of nitrogens with two attached hydrogens (primary N) is 1. The van der Waals surface area contributed by atoms with Gasteiger partial charge in [-0.15, -0.1) is 0 Å². The molecule has 0 unspecified atom stereocenters. The molecule has 0 aliphatic heterocycles. The van der Waals surface area contributed by atoms with Crippen molar-refractivity contribution in [3.05, 3.63) is 11.9 Å². The van der Waals surface area contributed by atoms with Crippen LogP contribution in [0.15, 0.2) is 6.07 Å². The zero-order chi connectivity index (χ0) is 14.3. The first-order valence-electron chi connectivity index (χ1n) is 6.59. The third kappa shape index (κ3) is 3.13. The number of nitrogen functional groups attached to an aromatic ring is 1. The quantitative estimate of drug-likeness (QED) is 0.477. The number of aliphatic hydroxyl groups is 1. The highest BCUT2D eigenvalue weighted by Gasteiger charge is 2.36. The summed E-state index contributed by atoms with van der Waals surface area (Å²) in [6.07, 6.45) is 2.25. The van der Waals surface area contributed by atoms with Crippen molar-refractivity contribution >= 4 is 11.6 Å². The van der Waals surface area contributed by atoms with Gasteiger partial charge in [-0.05, 0) is 40.5 Å². The van der Waals surface area contributed by atoms with Crippen LogP contribution in [0.5, 0.6) is 0 Å². The number of hydrogen-bond acceptors (Lipinski definition) is 6. The van der Waals surface area contributed by atoms with E-state index in [1.165, 1.54) is 0 Å². The molecule has 5 N–H and O–H groups in total. The van der Waals surface area contributed by atoms with Crippen LogP contribution in [0, 0.1) is 0 Å². The van der Waals surface area contributed by atoms with E-state index < -0.39 is 11.1 Å². The lowest BCUT2D eigenvalue weighted by Crippen LogP contribution is -2.51. The van der Waals surface area contributed by atoms with Crippen molar-refractivity contribution in [1.82, 2.24) is 9.97 Å². The molecule has 1 aliphatic rings. The topological polar surface area (TPSA) is 96.1 Å². The lowest BCUT2D eigenvalue weighted by Gasteiger charge is -2.38. The van der Waals surface area contributed by atoms with Gasteiger partial charge in [-0.25, -0.2) is 15.8 Å². The van der Waals surface area contributed by atoms with Crippen molar-refractivity contribution in [3.63, 3.8) is 0 Å². The minimum absolute atomic E-state index is 0.444. The molecule has 1 saturated carbocycles. The summed E-state index contributed by atoms with van der Waals surface area (Å²) in [4.78, 5) is 8.87. The molecule has 0 spiro atoms. The molecule has 1 aromatic rings. The average molecular weight is 265 g/mol. The van der Waals surface area contributed by atoms with Crippen LogP contribution in [-0.2, 0) is 0 Å². The predicted molar refractivity (Wildman–Crippen MR) is 75.8 cm³/mol. The van der Waals surface area contributed by atoms with Crippen molar-refractivity contribution in [2.24, 2.45) is 5.84 Å². The summed E-state index contributed by atoms with van der Waals surface area (Å²) in [6.45, 7) is 7.40. The summed E-state index contributed by atoms with van der Waals surface area (Å²) >= 11 is 0. The second-order valence-electron chi connectivity index (χ2n) is 6.22. The maximum absolute atomic E-state index is 10.2. The molecule has 1 aromatic heterocycles. The first kappa shape index (κ1) is 14.0. The Kier molecular flexibility index (Phi) is 3.40. The fourth-order valence-corrected chi connectivity index (χ4v) is 1.60. The van der Waals surface area contributed by atoms with E-state index in [9.17, 15) is 5.11 Å². The standard InChI is InChI=1S/C13H23N5O/c1-12(2,13(3,4)19)17-9-7-10(18-14)16-11(15-9)8-5-6-8/h7-8,19H,5-6,14H2,1-4H3,(H2,15,16,17,18). The third-order valence-electron chi connectivity index (χ3n) is 3.80. The van der Waals surface area contributed by atoms with Crippen molar-refractivity contribution in [2.75, 3.05) is 10.7 Å². The molecular formula is C13H23N5O. The second kappa shape index (κ2) is 4.61. The number of nitrogens with one attached hydrogen (secondary N) is 2. The van der Waals surface area contributed by atoms with E-state index in [1.807, 2.05) is 13.8 Å². The Balaban J connectivity index is 2.26. The van der Waals surface area contributed by atoms with Gasteiger partial charge >= 0.3 is 0 Å². The molecule has 1 aliphatic carbocycles. The fraction of sp³-hybridized carbons (Fsp3) is 0.692. The maximum atomic E-state index is 10.2. The molecule has 0 bridgehead atoms. The van der Waals surface area contributed by atoms with Crippen LogP contribution in [0.25, 0.3) is 0 Å². The van der Waals surface area contributed by atoms with Crippen molar-refractivity contribution < 1.29 is 5.11 Å². The average Bonchev–Trinajstić information content (AvgIpc) is 3.10. The number of rotatable bonds is 5. The van der Waals surface area contributed by atoms with Gasteiger partial charge in [0.25, 0.3) is 0 Å². The molecule has 19 heavy (non-hydrogen) atoms. The minimum atomic E-state index is -0.881. The van der Waals surface area contributed by atoms with Gasteiger partial charge in [-0.2, -0.15) is 0 Å². The van der Waals surface area contributed by atoms with Gasteiger partial charge in [0.1, 0.15) is 17.5 Å². The van der Waals surface area contributed by atoms with E-state index >= 15 is 0 Å². The lowest BCUT2D eigenvalue weighted by molar-refractivity contribution is 0.0238. The van der Waals surface area contributed by atoms with Gasteiger partial charge in [0.15, 0.2) is 0 Å². The Labute approximate surface area is 113 Å². The Morgan fingerprint density at radius 1 is 1.21 bits per heavy atom. The van der Waals surface area contributed by atoms with E-state index in [1.54, 1.807) is 19.9 Å². The summed E-state index contributed by atoms with van der Waals surface area (Å²) in [5.41, 5.74) is 1.16. The van der Waals surface area contributed by atoms with Gasteiger partial charge in [-0.3, -0.25) is 0 Å². The second-order valence-corrected chi connectivity index (χ2v) is 6.22. The molecule has 6 nitrogen and oxygen atoms in total. The SMILES string of the molecule is CC(C)(O)C(C)(C)Nc1cc(NN)nc(C2CC2)n1. The highest BCUT2D eigenvalue weighted by atomic mass is 16.3. The van der Waals surface area contributed by atoms with E-state index in [0.29, 0.717) is 17.6 Å². The van der Waals surface area contributed by atoms with Gasteiger partial charge in [0, 0.05) is 12.0 Å². The smallest absolute Gasteiger partial charge is 0.145 e. The zero-order valence-corrected chi connectivity index (χ0v) is 12.0. The van der Waals surface area contributed by atoms with Gasteiger partial charge in [0.05, 0.1) is 11.1 Å². The van der Waals surface area contributed by atoms with E-state index in [4.69, 9.17) is 5.84 Å². The Hall–Kier alpha value is -1.40. The van der Waals surface area contributed by atoms with Gasteiger partial charge in [0.2, 0.25) is 0 Å². The van der Waals surface area contributed by atoms with E-state index in [2.05, 4.69) is 20.7 Å². The summed E-state index contributed by atoms with van der Waals surface area (Å²) in [5.74, 6) is 7.96. The molecule has 2 rings (SSSR count). The molecule has 1 fully saturated rings. The Bertz CT molecular complexity index is 463. The van der Waals surface area contributed by atoms with Crippen LogP contribution in [0.3, 0.4) is 0 Å². The van der Waals surface area contributed by atoms with Gasteiger partial charge in [-0.1, -0.05) is 0 Å². The molecular weight excluding hydrogens is 242 g/mol. The highest BCUT2D eigenvalue weighted by Crippen LogP contribution is 2.39. The molecule has 1 heterocycles. The van der Waals surface area contributed by atoms with Gasteiger partial charge < -0.3 is 15.8 Å². The normalized spacial score (nSPS) is 16.3. The van der Waals surface area contributed by atoms with Crippen molar-refractivity contribution in [1.29, 1.82) is 0 Å². The van der Waals surface area contributed by atoms with Crippen LogP contribution < -0.4 is 16.6 Å². The van der Waals surface area contributed by atoms with Crippen molar-refractivity contribution in [2.45, 2.75) is 57.6 Å². The number of hydrazine groups is 1. The number of anilines is 2. The first-order chi connectivity index (χ1) is 8.73. The molecule has 0 amide bonds. The largest absolute Gasteiger partial charge is 0.388 e. The van der Waals surface area contributed by atoms with Crippen LogP contribution in [-0.4, -0.2) is 26.2 Å². The molecule has 0 radical (unpaired) electrons. The van der Waals surface area contributed by atoms with Crippen LogP contribution in [0.1, 0.15) is 52.3 Å². The monoisotopic (exact) mass is 265 g/mol. The summed E-state index contributed by atoms with van der Waals surface area (Å²) in [7, 11) is 0.